The molecule has 2 aromatic rings. The number of rotatable bonds is 9. The summed E-state index contributed by atoms with van der Waals surface area (Å²) in [6.07, 6.45) is 0.193. The molecule has 6 nitrogen and oxygen atoms in total. The van der Waals surface area contributed by atoms with E-state index in [1.807, 2.05) is 44.2 Å². The van der Waals surface area contributed by atoms with Gasteiger partial charge in [0.2, 0.25) is 0 Å². The normalized spacial score (nSPS) is 10.5. The van der Waals surface area contributed by atoms with Crippen molar-refractivity contribution in [3.8, 4) is 5.75 Å². The predicted molar refractivity (Wildman–Crippen MR) is 128 cm³/mol. The molecule has 0 unspecified atom stereocenters. The van der Waals surface area contributed by atoms with Crippen LogP contribution in [0.5, 0.6) is 5.75 Å². The van der Waals surface area contributed by atoms with Crippen molar-refractivity contribution in [3.05, 3.63) is 64.1 Å². The molecule has 0 aliphatic heterocycles. The first-order chi connectivity index (χ1) is 14.8. The summed E-state index contributed by atoms with van der Waals surface area (Å²) in [7, 11) is 0. The number of hydrogen-bond donors (Lipinski definition) is 1. The van der Waals surface area contributed by atoms with E-state index in [-0.39, 0.29) is 29.5 Å². The van der Waals surface area contributed by atoms with Crippen LogP contribution in [-0.4, -0.2) is 41.1 Å². The largest absolute Gasteiger partial charge is 0.490 e. The highest BCUT2D eigenvalue weighted by Crippen LogP contribution is 2.27. The second kappa shape index (κ2) is 12.4. The van der Waals surface area contributed by atoms with Gasteiger partial charge < -0.3 is 14.4 Å². The Kier molecular flexibility index (Phi) is 9.94. The van der Waals surface area contributed by atoms with E-state index in [0.29, 0.717) is 35.5 Å². The number of carbonyl (C=O) groups excluding carboxylic acids is 2. The molecule has 0 radical (unpaired) electrons. The van der Waals surface area contributed by atoms with Crippen LogP contribution in [0.1, 0.15) is 43.1 Å². The molecule has 1 amide bonds. The van der Waals surface area contributed by atoms with Crippen LogP contribution in [-0.2, 0) is 16.1 Å². The molecule has 0 heterocycles. The molecule has 8 heteroatoms. The van der Waals surface area contributed by atoms with Gasteiger partial charge in [-0.15, -0.1) is 0 Å². The number of nitrogens with zero attached hydrogens (tertiary/aromatic N) is 1. The Balaban J connectivity index is 2.09. The lowest BCUT2D eigenvalue weighted by Gasteiger charge is -2.25. The van der Waals surface area contributed by atoms with E-state index in [9.17, 15) is 9.59 Å². The highest BCUT2D eigenvalue weighted by molar-refractivity contribution is 9.10. The van der Waals surface area contributed by atoms with Crippen molar-refractivity contribution in [2.24, 2.45) is 0 Å². The van der Waals surface area contributed by atoms with Crippen LogP contribution in [0.25, 0.3) is 0 Å². The fraction of sp³-hybridized carbons (Fsp3) is 0.348. The van der Waals surface area contributed by atoms with Crippen molar-refractivity contribution in [1.29, 1.82) is 0 Å². The molecule has 0 saturated heterocycles. The third-order valence-corrected chi connectivity index (χ3v) is 5.15. The van der Waals surface area contributed by atoms with Gasteiger partial charge in [-0.05, 0) is 72.7 Å². The average molecular weight is 507 g/mol. The van der Waals surface area contributed by atoms with Crippen LogP contribution in [0.15, 0.2) is 53.0 Å². The zero-order valence-corrected chi connectivity index (χ0v) is 20.3. The van der Waals surface area contributed by atoms with E-state index in [1.54, 1.807) is 30.0 Å². The standard InChI is InChI=1S/C23H27BrN2O4S/c1-4-29-21(27)12-13-26(15-17-8-6-5-7-9-17)23(31)25-22(28)18-10-11-20(19(24)14-18)30-16(2)3/h5-11,14,16H,4,12-13,15H2,1-3H3,(H,25,28,31). The summed E-state index contributed by atoms with van der Waals surface area (Å²) >= 11 is 8.93. The molecule has 0 aliphatic rings. The van der Waals surface area contributed by atoms with E-state index in [4.69, 9.17) is 21.7 Å². The van der Waals surface area contributed by atoms with Crippen LogP contribution in [0.4, 0.5) is 0 Å². The van der Waals surface area contributed by atoms with Crippen molar-refractivity contribution in [1.82, 2.24) is 10.2 Å². The third kappa shape index (κ3) is 8.30. The van der Waals surface area contributed by atoms with Gasteiger partial charge in [-0.1, -0.05) is 30.3 Å². The summed E-state index contributed by atoms with van der Waals surface area (Å²) in [4.78, 5) is 26.4. The molecule has 0 aliphatic carbocycles. The molecule has 31 heavy (non-hydrogen) atoms. The first-order valence-electron chi connectivity index (χ1n) is 10.1. The number of nitrogens with one attached hydrogen (secondary N) is 1. The molecule has 166 valence electrons. The summed E-state index contributed by atoms with van der Waals surface area (Å²) in [5.41, 5.74) is 1.45. The van der Waals surface area contributed by atoms with Crippen molar-refractivity contribution in [2.75, 3.05) is 13.2 Å². The number of benzene rings is 2. The Labute approximate surface area is 197 Å². The van der Waals surface area contributed by atoms with Crippen LogP contribution < -0.4 is 10.1 Å². The molecular formula is C23H27BrN2O4S. The van der Waals surface area contributed by atoms with Gasteiger partial charge >= 0.3 is 5.97 Å². The Bertz CT molecular complexity index is 906. The minimum Gasteiger partial charge on any atom is -0.490 e. The summed E-state index contributed by atoms with van der Waals surface area (Å²) in [6.45, 7) is 6.75. The van der Waals surface area contributed by atoms with Gasteiger partial charge in [0.25, 0.3) is 5.91 Å². The zero-order valence-electron chi connectivity index (χ0n) is 17.9. The van der Waals surface area contributed by atoms with Crippen LogP contribution in [0, 0.1) is 0 Å². The van der Waals surface area contributed by atoms with Gasteiger partial charge in [-0.2, -0.15) is 0 Å². The molecule has 1 N–H and O–H groups in total. The SMILES string of the molecule is CCOC(=O)CCN(Cc1ccccc1)C(=S)NC(=O)c1ccc(OC(C)C)c(Br)c1. The Morgan fingerprint density at radius 1 is 1.16 bits per heavy atom. The smallest absolute Gasteiger partial charge is 0.307 e. The van der Waals surface area contributed by atoms with Crippen LogP contribution >= 0.6 is 28.1 Å². The molecule has 2 rings (SSSR count). The zero-order chi connectivity index (χ0) is 22.8. The number of hydrogen-bond acceptors (Lipinski definition) is 5. The Morgan fingerprint density at radius 3 is 2.48 bits per heavy atom. The Hall–Kier alpha value is -2.45. The van der Waals surface area contributed by atoms with Gasteiger partial charge in [-0.25, -0.2) is 0 Å². The third-order valence-electron chi connectivity index (χ3n) is 4.17. The number of amides is 1. The summed E-state index contributed by atoms with van der Waals surface area (Å²) < 4.78 is 11.4. The van der Waals surface area contributed by atoms with E-state index in [2.05, 4.69) is 21.2 Å². The quantitative estimate of drug-likeness (QED) is 0.392. The van der Waals surface area contributed by atoms with E-state index in [1.165, 1.54) is 0 Å². The van der Waals surface area contributed by atoms with E-state index >= 15 is 0 Å². The molecule has 2 aromatic carbocycles. The van der Waals surface area contributed by atoms with Gasteiger partial charge in [0, 0.05) is 18.7 Å². The highest BCUT2D eigenvalue weighted by Gasteiger charge is 2.17. The van der Waals surface area contributed by atoms with Crippen LogP contribution in [0.2, 0.25) is 0 Å². The van der Waals surface area contributed by atoms with Crippen molar-refractivity contribution < 1.29 is 19.1 Å². The predicted octanol–water partition coefficient (Wildman–Crippen LogP) is 4.71. The number of halogens is 1. The summed E-state index contributed by atoms with van der Waals surface area (Å²) in [5, 5.41) is 3.01. The maximum atomic E-state index is 12.8. The average Bonchev–Trinajstić information content (AvgIpc) is 2.73. The fourth-order valence-electron chi connectivity index (χ4n) is 2.76. The molecule has 0 spiro atoms. The van der Waals surface area contributed by atoms with Gasteiger partial charge in [0.05, 0.1) is 23.6 Å². The van der Waals surface area contributed by atoms with Gasteiger partial charge in [0.15, 0.2) is 5.11 Å². The topological polar surface area (TPSA) is 67.9 Å². The van der Waals surface area contributed by atoms with Crippen molar-refractivity contribution >= 4 is 45.1 Å². The molecule has 0 bridgehead atoms. The first kappa shape index (κ1) is 24.8. The lowest BCUT2D eigenvalue weighted by atomic mass is 10.2. The number of carbonyl (C=O) groups is 2. The summed E-state index contributed by atoms with van der Waals surface area (Å²) in [5.74, 6) is 0.0182. The number of esters is 1. The minimum absolute atomic E-state index is 0.0227. The molecule has 0 aromatic heterocycles. The maximum Gasteiger partial charge on any atom is 0.307 e. The fourth-order valence-corrected chi connectivity index (χ4v) is 3.48. The number of ether oxygens (including phenoxy) is 2. The van der Waals surface area contributed by atoms with Crippen molar-refractivity contribution in [3.63, 3.8) is 0 Å². The first-order valence-corrected chi connectivity index (χ1v) is 11.3. The molecule has 0 saturated carbocycles. The highest BCUT2D eigenvalue weighted by atomic mass is 79.9. The van der Waals surface area contributed by atoms with Crippen molar-refractivity contribution in [2.45, 2.75) is 39.8 Å². The lowest BCUT2D eigenvalue weighted by molar-refractivity contribution is -0.143. The molecule has 0 fully saturated rings. The monoisotopic (exact) mass is 506 g/mol. The second-order valence-electron chi connectivity index (χ2n) is 7.03. The van der Waals surface area contributed by atoms with E-state index in [0.717, 1.165) is 5.56 Å². The minimum atomic E-state index is -0.337. The number of thiocarbonyl (C=S) groups is 1. The summed E-state index contributed by atoms with van der Waals surface area (Å²) in [6, 6.07) is 14.8. The van der Waals surface area contributed by atoms with Gasteiger partial charge in [-0.3, -0.25) is 14.9 Å². The Morgan fingerprint density at radius 2 is 1.87 bits per heavy atom. The molecular weight excluding hydrogens is 480 g/mol. The van der Waals surface area contributed by atoms with Crippen LogP contribution in [0.3, 0.4) is 0 Å². The lowest BCUT2D eigenvalue weighted by Crippen LogP contribution is -2.43. The second-order valence-corrected chi connectivity index (χ2v) is 8.27. The van der Waals surface area contributed by atoms with Gasteiger partial charge in [0.1, 0.15) is 5.75 Å². The molecule has 0 atom stereocenters. The maximum absolute atomic E-state index is 12.8. The van der Waals surface area contributed by atoms with E-state index < -0.39 is 0 Å².